The summed E-state index contributed by atoms with van der Waals surface area (Å²) in [5.74, 6) is 0.424. The lowest BCUT2D eigenvalue weighted by Crippen LogP contribution is -2.34. The number of rotatable bonds is 11. The summed E-state index contributed by atoms with van der Waals surface area (Å²) < 4.78 is 31.2. The van der Waals surface area contributed by atoms with Gasteiger partial charge in [-0.15, -0.1) is 0 Å². The van der Waals surface area contributed by atoms with Crippen molar-refractivity contribution in [3.8, 4) is 5.75 Å². The van der Waals surface area contributed by atoms with Crippen LogP contribution in [0.25, 0.3) is 0 Å². The van der Waals surface area contributed by atoms with Crippen LogP contribution in [-0.2, 0) is 21.2 Å². The van der Waals surface area contributed by atoms with E-state index in [2.05, 4.69) is 41.4 Å². The van der Waals surface area contributed by atoms with E-state index in [1.54, 1.807) is 24.3 Å². The van der Waals surface area contributed by atoms with E-state index in [0.29, 0.717) is 30.4 Å². The van der Waals surface area contributed by atoms with Crippen LogP contribution in [0.4, 0.5) is 11.4 Å². The first-order valence-corrected chi connectivity index (χ1v) is 12.9. The van der Waals surface area contributed by atoms with Crippen molar-refractivity contribution in [3.63, 3.8) is 0 Å². The number of benzene rings is 2. The molecule has 8 heteroatoms. The zero-order valence-electron chi connectivity index (χ0n) is 19.1. The van der Waals surface area contributed by atoms with Gasteiger partial charge in [0.1, 0.15) is 5.75 Å². The Bertz CT molecular complexity index is 1030. The molecule has 1 aliphatic rings. The zero-order valence-corrected chi connectivity index (χ0v) is 19.9. The van der Waals surface area contributed by atoms with Crippen LogP contribution in [0.5, 0.6) is 5.75 Å². The first-order chi connectivity index (χ1) is 15.3. The highest BCUT2D eigenvalue weighted by molar-refractivity contribution is 7.92. The van der Waals surface area contributed by atoms with Gasteiger partial charge in [0, 0.05) is 37.8 Å². The first kappa shape index (κ1) is 23.9. The van der Waals surface area contributed by atoms with Crippen molar-refractivity contribution in [1.82, 2.24) is 5.32 Å². The molecular weight excluding hydrogens is 426 g/mol. The second-order valence-electron chi connectivity index (χ2n) is 8.19. The van der Waals surface area contributed by atoms with Gasteiger partial charge in [-0.05, 0) is 49.9 Å². The van der Waals surface area contributed by atoms with Gasteiger partial charge in [-0.1, -0.05) is 30.3 Å². The molecule has 1 N–H and O–H groups in total. The highest BCUT2D eigenvalue weighted by Crippen LogP contribution is 2.32. The molecule has 7 nitrogen and oxygen atoms in total. The molecule has 1 aliphatic heterocycles. The second kappa shape index (κ2) is 10.7. The number of hydrogen-bond donors (Lipinski definition) is 1. The number of anilines is 2. The Kier molecular flexibility index (Phi) is 8.01. The fourth-order valence-corrected chi connectivity index (χ4v) is 5.19. The molecule has 0 aromatic heterocycles. The summed E-state index contributed by atoms with van der Waals surface area (Å²) in [6, 6.07) is 15.9. The Morgan fingerprint density at radius 1 is 1.16 bits per heavy atom. The maximum Gasteiger partial charge on any atom is 0.232 e. The topological polar surface area (TPSA) is 79.0 Å². The van der Waals surface area contributed by atoms with Gasteiger partial charge in [-0.2, -0.15) is 0 Å². The number of hydrogen-bond acceptors (Lipinski definition) is 5. The lowest BCUT2D eigenvalue weighted by molar-refractivity contribution is -0.121. The summed E-state index contributed by atoms with van der Waals surface area (Å²) in [5.41, 5.74) is 3.16. The number of nitrogens with one attached hydrogen (secondary N) is 1. The summed E-state index contributed by atoms with van der Waals surface area (Å²) in [6.45, 7) is 3.95. The molecule has 0 saturated carbocycles. The number of methoxy groups -OCH3 is 1. The number of para-hydroxylation sites is 3. The number of carbonyl (C=O) groups is 1. The predicted octanol–water partition coefficient (Wildman–Crippen LogP) is 3.20. The van der Waals surface area contributed by atoms with Crippen molar-refractivity contribution < 1.29 is 17.9 Å². The van der Waals surface area contributed by atoms with E-state index in [9.17, 15) is 13.2 Å². The molecular formula is C24H33N3O4S. The summed E-state index contributed by atoms with van der Waals surface area (Å²) in [6.07, 6.45) is 3.78. The van der Waals surface area contributed by atoms with Gasteiger partial charge in [0.2, 0.25) is 15.9 Å². The molecule has 2 aromatic rings. The average Bonchev–Trinajstić information content (AvgIpc) is 3.08. The molecule has 0 bridgehead atoms. The third-order valence-corrected chi connectivity index (χ3v) is 6.95. The van der Waals surface area contributed by atoms with Gasteiger partial charge < -0.3 is 15.0 Å². The van der Waals surface area contributed by atoms with Gasteiger partial charge in [0.05, 0.1) is 19.1 Å². The Balaban J connectivity index is 1.43. The smallest absolute Gasteiger partial charge is 0.232 e. The molecule has 2 aromatic carbocycles. The van der Waals surface area contributed by atoms with Crippen LogP contribution in [0, 0.1) is 0 Å². The quantitative estimate of drug-likeness (QED) is 0.522. The number of sulfonamides is 1. The van der Waals surface area contributed by atoms with E-state index < -0.39 is 10.0 Å². The zero-order chi connectivity index (χ0) is 23.1. The van der Waals surface area contributed by atoms with Gasteiger partial charge in [-0.3, -0.25) is 9.10 Å². The highest BCUT2D eigenvalue weighted by atomic mass is 32.2. The van der Waals surface area contributed by atoms with E-state index >= 15 is 0 Å². The number of ether oxygens (including phenoxy) is 1. The van der Waals surface area contributed by atoms with Gasteiger partial charge in [-0.25, -0.2) is 8.42 Å². The van der Waals surface area contributed by atoms with Crippen LogP contribution < -0.4 is 19.3 Å². The van der Waals surface area contributed by atoms with Crippen LogP contribution >= 0.6 is 0 Å². The fraction of sp³-hybridized carbons (Fsp3) is 0.458. The number of carbonyl (C=O) groups excluding carboxylic acids is 1. The minimum absolute atomic E-state index is 0.0617. The maximum atomic E-state index is 12.3. The average molecular weight is 460 g/mol. The van der Waals surface area contributed by atoms with Crippen molar-refractivity contribution in [2.75, 3.05) is 42.2 Å². The van der Waals surface area contributed by atoms with E-state index in [-0.39, 0.29) is 18.9 Å². The Morgan fingerprint density at radius 3 is 2.62 bits per heavy atom. The van der Waals surface area contributed by atoms with Gasteiger partial charge >= 0.3 is 0 Å². The number of amides is 1. The minimum Gasteiger partial charge on any atom is -0.495 e. The minimum atomic E-state index is -3.49. The first-order valence-electron chi connectivity index (χ1n) is 11.0. The highest BCUT2D eigenvalue weighted by Gasteiger charge is 2.25. The Labute approximate surface area is 191 Å². The second-order valence-corrected chi connectivity index (χ2v) is 10.1. The molecule has 1 amide bonds. The summed E-state index contributed by atoms with van der Waals surface area (Å²) in [7, 11) is -1.98. The normalized spacial score (nSPS) is 15.3. The molecule has 1 unspecified atom stereocenters. The van der Waals surface area contributed by atoms with Crippen molar-refractivity contribution >= 4 is 27.3 Å². The van der Waals surface area contributed by atoms with E-state index in [1.807, 2.05) is 0 Å². The molecule has 32 heavy (non-hydrogen) atoms. The van der Waals surface area contributed by atoms with Crippen LogP contribution in [0.15, 0.2) is 48.5 Å². The third kappa shape index (κ3) is 5.94. The Morgan fingerprint density at radius 2 is 1.88 bits per heavy atom. The van der Waals surface area contributed by atoms with E-state index in [1.165, 1.54) is 22.7 Å². The molecule has 0 saturated heterocycles. The van der Waals surface area contributed by atoms with Gasteiger partial charge in [0.15, 0.2) is 0 Å². The lowest BCUT2D eigenvalue weighted by Gasteiger charge is -2.25. The van der Waals surface area contributed by atoms with Crippen molar-refractivity contribution in [1.29, 1.82) is 0 Å². The molecule has 3 rings (SSSR count). The SMILES string of the molecule is COc1ccccc1N(CCCC(=O)NCCCN1c2ccccc2CC1C)S(C)(=O)=O. The van der Waals surface area contributed by atoms with Crippen LogP contribution in [0.2, 0.25) is 0 Å². The Hall–Kier alpha value is -2.74. The predicted molar refractivity (Wildman–Crippen MR) is 129 cm³/mol. The monoisotopic (exact) mass is 459 g/mol. The molecule has 0 spiro atoms. The summed E-state index contributed by atoms with van der Waals surface area (Å²) in [5, 5.41) is 2.96. The van der Waals surface area contributed by atoms with E-state index in [0.717, 1.165) is 25.6 Å². The van der Waals surface area contributed by atoms with Crippen LogP contribution in [0.1, 0.15) is 31.7 Å². The molecule has 0 fully saturated rings. The third-order valence-electron chi connectivity index (χ3n) is 5.77. The number of fused-ring (bicyclic) bond motifs is 1. The van der Waals surface area contributed by atoms with Crippen molar-refractivity contribution in [2.45, 2.75) is 38.6 Å². The van der Waals surface area contributed by atoms with Crippen molar-refractivity contribution in [2.24, 2.45) is 0 Å². The maximum absolute atomic E-state index is 12.3. The van der Waals surface area contributed by atoms with Crippen LogP contribution in [0.3, 0.4) is 0 Å². The molecule has 1 atom stereocenters. The van der Waals surface area contributed by atoms with E-state index in [4.69, 9.17) is 4.74 Å². The summed E-state index contributed by atoms with van der Waals surface area (Å²) >= 11 is 0. The molecule has 174 valence electrons. The van der Waals surface area contributed by atoms with Crippen LogP contribution in [-0.4, -0.2) is 53.4 Å². The fourth-order valence-electron chi connectivity index (χ4n) is 4.22. The largest absolute Gasteiger partial charge is 0.495 e. The molecule has 1 heterocycles. The summed E-state index contributed by atoms with van der Waals surface area (Å²) in [4.78, 5) is 14.7. The van der Waals surface area contributed by atoms with Gasteiger partial charge in [0.25, 0.3) is 0 Å². The lowest BCUT2D eigenvalue weighted by atomic mass is 10.1. The molecule has 0 radical (unpaired) electrons. The standard InChI is InChI=1S/C24H33N3O4S/c1-19-18-20-10-4-5-11-21(20)26(19)16-9-15-25-24(28)14-8-17-27(32(3,29)30)22-12-6-7-13-23(22)31-2/h4-7,10-13,19H,8-9,14-18H2,1-3H3,(H,25,28). The van der Waals surface area contributed by atoms with Crippen molar-refractivity contribution in [3.05, 3.63) is 54.1 Å². The molecule has 0 aliphatic carbocycles. The number of nitrogens with zero attached hydrogens (tertiary/aromatic N) is 2.